The molecule has 1 fully saturated rings. The van der Waals surface area contributed by atoms with Crippen molar-refractivity contribution >= 4 is 5.91 Å². The topological polar surface area (TPSA) is 58.6 Å². The number of carbonyl (C=O) groups is 1. The summed E-state index contributed by atoms with van der Waals surface area (Å²) in [5, 5.41) is 13.3. The molecular formula is C20H29F2NO3. The zero-order valence-electron chi connectivity index (χ0n) is 15.9. The number of ether oxygens (including phenoxy) is 1. The van der Waals surface area contributed by atoms with E-state index in [9.17, 15) is 18.7 Å². The van der Waals surface area contributed by atoms with Crippen LogP contribution in [0.3, 0.4) is 0 Å². The van der Waals surface area contributed by atoms with Crippen molar-refractivity contribution < 1.29 is 23.4 Å². The van der Waals surface area contributed by atoms with Crippen LogP contribution in [-0.2, 0) is 10.7 Å². The van der Waals surface area contributed by atoms with Gasteiger partial charge in [-0.3, -0.25) is 4.79 Å². The van der Waals surface area contributed by atoms with E-state index in [1.165, 1.54) is 25.3 Å². The first-order valence-electron chi connectivity index (χ1n) is 9.13. The number of alkyl halides is 2. The van der Waals surface area contributed by atoms with Gasteiger partial charge in [-0.05, 0) is 42.7 Å². The number of amides is 1. The number of aliphatic hydroxyl groups is 1. The monoisotopic (exact) mass is 369 g/mol. The van der Waals surface area contributed by atoms with E-state index in [0.29, 0.717) is 12.8 Å². The van der Waals surface area contributed by atoms with E-state index < -0.39 is 24.0 Å². The molecule has 0 aliphatic heterocycles. The summed E-state index contributed by atoms with van der Waals surface area (Å²) in [7, 11) is 1.33. The molecule has 0 spiro atoms. The molecule has 0 unspecified atom stereocenters. The molecule has 0 heterocycles. The van der Waals surface area contributed by atoms with Gasteiger partial charge in [-0.25, -0.2) is 0 Å². The normalized spacial score (nSPS) is 26.6. The second-order valence-corrected chi connectivity index (χ2v) is 7.75. The second kappa shape index (κ2) is 7.91. The molecule has 1 amide bonds. The highest BCUT2D eigenvalue weighted by atomic mass is 19.3. The maximum atomic E-state index is 14.6. The third-order valence-corrected chi connectivity index (χ3v) is 5.41. The molecule has 1 aromatic carbocycles. The Balaban J connectivity index is 2.15. The lowest BCUT2D eigenvalue weighted by Gasteiger charge is -2.43. The number of methoxy groups -OCH3 is 1. The fourth-order valence-electron chi connectivity index (χ4n) is 4.02. The van der Waals surface area contributed by atoms with E-state index in [0.717, 1.165) is 6.42 Å². The van der Waals surface area contributed by atoms with Crippen LogP contribution in [0.15, 0.2) is 24.3 Å². The molecule has 1 aromatic rings. The Morgan fingerprint density at radius 2 is 2.04 bits per heavy atom. The molecular weight excluding hydrogens is 340 g/mol. The molecule has 2 rings (SSSR count). The molecule has 146 valence electrons. The SMILES string of the molecule is COc1ccccc1C(F)(F)CNC(=O)[C@]1(O)C[C@H](C)CC[C@H]1C(C)C. The van der Waals surface area contributed by atoms with Gasteiger partial charge in [0.25, 0.3) is 11.8 Å². The minimum Gasteiger partial charge on any atom is -0.496 e. The Bertz CT molecular complexity index is 635. The molecule has 26 heavy (non-hydrogen) atoms. The highest BCUT2D eigenvalue weighted by Crippen LogP contribution is 2.41. The van der Waals surface area contributed by atoms with Gasteiger partial charge >= 0.3 is 0 Å². The first kappa shape index (κ1) is 20.6. The van der Waals surface area contributed by atoms with Crippen LogP contribution < -0.4 is 10.1 Å². The van der Waals surface area contributed by atoms with Gasteiger partial charge in [0.2, 0.25) is 0 Å². The molecule has 6 heteroatoms. The van der Waals surface area contributed by atoms with E-state index in [-0.39, 0.29) is 29.1 Å². The van der Waals surface area contributed by atoms with E-state index >= 15 is 0 Å². The summed E-state index contributed by atoms with van der Waals surface area (Å²) in [6, 6.07) is 5.84. The summed E-state index contributed by atoms with van der Waals surface area (Å²) in [4.78, 5) is 12.7. The standard InChI is InChI=1S/C20H29F2NO3/c1-13(2)15-10-9-14(3)11-19(15,25)18(24)23-12-20(21,22)16-7-5-6-8-17(16)26-4/h5-8,13-15,25H,9-12H2,1-4H3,(H,23,24)/t14-,15+,19+/m1/s1. The zero-order valence-corrected chi connectivity index (χ0v) is 15.9. The number of benzene rings is 1. The van der Waals surface area contributed by atoms with E-state index in [1.807, 2.05) is 20.8 Å². The van der Waals surface area contributed by atoms with Gasteiger partial charge in [0.15, 0.2) is 0 Å². The van der Waals surface area contributed by atoms with Crippen molar-refractivity contribution in [3.05, 3.63) is 29.8 Å². The number of hydrogen-bond acceptors (Lipinski definition) is 3. The van der Waals surface area contributed by atoms with E-state index in [4.69, 9.17) is 4.74 Å². The summed E-state index contributed by atoms with van der Waals surface area (Å²) >= 11 is 0. The van der Waals surface area contributed by atoms with Crippen molar-refractivity contribution in [1.29, 1.82) is 0 Å². The van der Waals surface area contributed by atoms with Gasteiger partial charge in [-0.2, -0.15) is 8.78 Å². The lowest BCUT2D eigenvalue weighted by Crippen LogP contribution is -2.57. The maximum Gasteiger partial charge on any atom is 0.293 e. The summed E-state index contributed by atoms with van der Waals surface area (Å²) in [5.41, 5.74) is -1.89. The molecule has 1 aliphatic carbocycles. The molecule has 0 radical (unpaired) electrons. The molecule has 3 atom stereocenters. The second-order valence-electron chi connectivity index (χ2n) is 7.75. The molecule has 1 saturated carbocycles. The zero-order chi connectivity index (χ0) is 19.5. The number of carbonyl (C=O) groups excluding carboxylic acids is 1. The van der Waals surface area contributed by atoms with Gasteiger partial charge in [-0.15, -0.1) is 0 Å². The van der Waals surface area contributed by atoms with Crippen LogP contribution in [-0.4, -0.2) is 30.3 Å². The van der Waals surface area contributed by atoms with Gasteiger partial charge in [0, 0.05) is 0 Å². The Hall–Kier alpha value is -1.69. The average molecular weight is 369 g/mol. The summed E-state index contributed by atoms with van der Waals surface area (Å²) in [6.45, 7) is 4.98. The minimum absolute atomic E-state index is 0.0665. The molecule has 4 nitrogen and oxygen atoms in total. The van der Waals surface area contributed by atoms with Crippen molar-refractivity contribution in [3.63, 3.8) is 0 Å². The van der Waals surface area contributed by atoms with Gasteiger partial charge in [0.05, 0.1) is 19.2 Å². The minimum atomic E-state index is -3.30. The largest absolute Gasteiger partial charge is 0.496 e. The summed E-state index contributed by atoms with van der Waals surface area (Å²) in [6.07, 6.45) is 1.93. The van der Waals surface area contributed by atoms with Crippen LogP contribution in [0.25, 0.3) is 0 Å². The van der Waals surface area contributed by atoms with Gasteiger partial charge < -0.3 is 15.2 Å². The van der Waals surface area contributed by atoms with E-state index in [1.54, 1.807) is 6.07 Å². The van der Waals surface area contributed by atoms with Crippen molar-refractivity contribution in [2.75, 3.05) is 13.7 Å². The number of nitrogens with one attached hydrogen (secondary N) is 1. The van der Waals surface area contributed by atoms with Crippen LogP contribution in [0.5, 0.6) is 5.75 Å². The third-order valence-electron chi connectivity index (χ3n) is 5.41. The molecule has 0 bridgehead atoms. The average Bonchev–Trinajstić information content (AvgIpc) is 2.59. The highest BCUT2D eigenvalue weighted by molar-refractivity contribution is 5.85. The number of hydrogen-bond donors (Lipinski definition) is 2. The first-order valence-corrected chi connectivity index (χ1v) is 9.13. The third kappa shape index (κ3) is 4.17. The summed E-state index contributed by atoms with van der Waals surface area (Å²) < 4.78 is 34.2. The highest BCUT2D eigenvalue weighted by Gasteiger charge is 2.49. The Kier molecular flexibility index (Phi) is 6.27. The van der Waals surface area contributed by atoms with Crippen molar-refractivity contribution in [1.82, 2.24) is 5.32 Å². The first-order chi connectivity index (χ1) is 12.1. The molecule has 2 N–H and O–H groups in total. The quantitative estimate of drug-likeness (QED) is 0.803. The predicted molar refractivity (Wildman–Crippen MR) is 96.2 cm³/mol. The lowest BCUT2D eigenvalue weighted by molar-refractivity contribution is -0.157. The molecule has 0 saturated heterocycles. The number of halogens is 2. The Labute approximate surface area is 153 Å². The molecule has 0 aromatic heterocycles. The number of rotatable bonds is 6. The fourth-order valence-corrected chi connectivity index (χ4v) is 4.02. The lowest BCUT2D eigenvalue weighted by atomic mass is 9.66. The van der Waals surface area contributed by atoms with Gasteiger partial charge in [0.1, 0.15) is 11.4 Å². The van der Waals surface area contributed by atoms with Crippen LogP contribution in [0, 0.1) is 17.8 Å². The van der Waals surface area contributed by atoms with Crippen LogP contribution in [0.1, 0.15) is 45.6 Å². The fraction of sp³-hybridized carbons (Fsp3) is 0.650. The van der Waals surface area contributed by atoms with Crippen molar-refractivity contribution in [3.8, 4) is 5.75 Å². The van der Waals surface area contributed by atoms with Gasteiger partial charge in [-0.1, -0.05) is 39.3 Å². The smallest absolute Gasteiger partial charge is 0.293 e. The Morgan fingerprint density at radius 3 is 2.65 bits per heavy atom. The van der Waals surface area contributed by atoms with Crippen molar-refractivity contribution in [2.24, 2.45) is 17.8 Å². The summed E-state index contributed by atoms with van der Waals surface area (Å²) in [5.74, 6) is -3.91. The molecule has 1 aliphatic rings. The van der Waals surface area contributed by atoms with Crippen LogP contribution >= 0.6 is 0 Å². The van der Waals surface area contributed by atoms with E-state index in [2.05, 4.69) is 5.32 Å². The Morgan fingerprint density at radius 1 is 1.38 bits per heavy atom. The van der Waals surface area contributed by atoms with Crippen LogP contribution in [0.2, 0.25) is 0 Å². The number of para-hydroxylation sites is 1. The van der Waals surface area contributed by atoms with Crippen molar-refractivity contribution in [2.45, 2.75) is 51.6 Å². The van der Waals surface area contributed by atoms with Crippen LogP contribution in [0.4, 0.5) is 8.78 Å². The predicted octanol–water partition coefficient (Wildman–Crippen LogP) is 3.73. The maximum absolute atomic E-state index is 14.6.